The van der Waals surface area contributed by atoms with Crippen LogP contribution < -0.4 is 5.32 Å². The summed E-state index contributed by atoms with van der Waals surface area (Å²) in [6.07, 6.45) is 5.15. The summed E-state index contributed by atoms with van der Waals surface area (Å²) in [5.74, 6) is 0. The van der Waals surface area contributed by atoms with Gasteiger partial charge in [0.15, 0.2) is 0 Å². The minimum atomic E-state index is 0.0317. The highest BCUT2D eigenvalue weighted by molar-refractivity contribution is 9.10. The van der Waals surface area contributed by atoms with Gasteiger partial charge in [0.1, 0.15) is 6.33 Å². The van der Waals surface area contributed by atoms with E-state index in [1.54, 1.807) is 0 Å². The number of hydrogen-bond donors (Lipinski definition) is 1. The molecule has 1 aromatic carbocycles. The van der Waals surface area contributed by atoms with Crippen LogP contribution in [0.5, 0.6) is 0 Å². The number of nitrogens with one attached hydrogen (secondary N) is 1. The molecule has 1 atom stereocenters. The largest absolute Gasteiger partial charge is 0.306 e. The fourth-order valence-corrected chi connectivity index (χ4v) is 2.46. The van der Waals surface area contributed by atoms with Crippen molar-refractivity contribution < 1.29 is 0 Å². The van der Waals surface area contributed by atoms with Crippen LogP contribution in [0.2, 0.25) is 5.02 Å². The van der Waals surface area contributed by atoms with Crippen LogP contribution in [0.4, 0.5) is 0 Å². The van der Waals surface area contributed by atoms with E-state index in [2.05, 4.69) is 38.1 Å². The molecule has 1 aromatic heterocycles. The second-order valence-electron chi connectivity index (χ2n) is 3.83. The standard InChI is InChI=1S/C13H13BrClN3/c1-2-18-13(9-6-16-8-17-7-9)11-5-10(15)3-4-12(11)14/h3-8,13,18H,2H2,1H3. The molecule has 0 aliphatic carbocycles. The van der Waals surface area contributed by atoms with Gasteiger partial charge in [-0.2, -0.15) is 0 Å². The first kappa shape index (κ1) is 13.5. The molecule has 0 radical (unpaired) electrons. The molecule has 2 aromatic rings. The Bertz CT molecular complexity index is 519. The van der Waals surface area contributed by atoms with Gasteiger partial charge in [0, 0.05) is 27.5 Å². The Kier molecular flexibility index (Phi) is 4.69. The molecule has 0 saturated carbocycles. The Morgan fingerprint density at radius 1 is 1.33 bits per heavy atom. The van der Waals surface area contributed by atoms with Crippen molar-refractivity contribution in [2.24, 2.45) is 0 Å². The van der Waals surface area contributed by atoms with Crippen LogP contribution in [0.1, 0.15) is 24.1 Å². The summed E-state index contributed by atoms with van der Waals surface area (Å²) in [6, 6.07) is 5.79. The summed E-state index contributed by atoms with van der Waals surface area (Å²) in [5.41, 5.74) is 2.10. The van der Waals surface area contributed by atoms with Crippen molar-refractivity contribution in [3.05, 3.63) is 57.5 Å². The minimum Gasteiger partial charge on any atom is -0.306 e. The van der Waals surface area contributed by atoms with Gasteiger partial charge in [-0.1, -0.05) is 34.5 Å². The van der Waals surface area contributed by atoms with Gasteiger partial charge in [-0.05, 0) is 30.3 Å². The lowest BCUT2D eigenvalue weighted by Crippen LogP contribution is -2.22. The van der Waals surface area contributed by atoms with E-state index in [4.69, 9.17) is 11.6 Å². The molecule has 1 unspecified atom stereocenters. The zero-order chi connectivity index (χ0) is 13.0. The van der Waals surface area contributed by atoms with Gasteiger partial charge in [0.05, 0.1) is 6.04 Å². The molecule has 1 N–H and O–H groups in total. The summed E-state index contributed by atoms with van der Waals surface area (Å²) in [5, 5.41) is 4.13. The van der Waals surface area contributed by atoms with E-state index >= 15 is 0 Å². The van der Waals surface area contributed by atoms with Crippen LogP contribution in [0.25, 0.3) is 0 Å². The van der Waals surface area contributed by atoms with E-state index < -0.39 is 0 Å². The maximum absolute atomic E-state index is 6.07. The van der Waals surface area contributed by atoms with E-state index in [0.717, 1.165) is 22.1 Å². The molecule has 0 saturated heterocycles. The van der Waals surface area contributed by atoms with E-state index in [1.165, 1.54) is 6.33 Å². The zero-order valence-electron chi connectivity index (χ0n) is 9.90. The fraction of sp³-hybridized carbons (Fsp3) is 0.231. The zero-order valence-corrected chi connectivity index (χ0v) is 12.2. The molecule has 1 heterocycles. The summed E-state index contributed by atoms with van der Waals surface area (Å²) in [6.45, 7) is 2.91. The Morgan fingerprint density at radius 2 is 2.06 bits per heavy atom. The molecule has 0 aliphatic rings. The molecule has 94 valence electrons. The smallest absolute Gasteiger partial charge is 0.115 e. The number of nitrogens with zero attached hydrogens (tertiary/aromatic N) is 2. The lowest BCUT2D eigenvalue weighted by molar-refractivity contribution is 0.624. The van der Waals surface area contributed by atoms with Crippen LogP contribution in [-0.4, -0.2) is 16.5 Å². The highest BCUT2D eigenvalue weighted by atomic mass is 79.9. The number of benzene rings is 1. The maximum Gasteiger partial charge on any atom is 0.115 e. The van der Waals surface area contributed by atoms with Crippen LogP contribution in [0, 0.1) is 0 Å². The van der Waals surface area contributed by atoms with Crippen molar-refractivity contribution >= 4 is 27.5 Å². The van der Waals surface area contributed by atoms with Crippen molar-refractivity contribution in [1.82, 2.24) is 15.3 Å². The summed E-state index contributed by atoms with van der Waals surface area (Å²) in [4.78, 5) is 8.13. The van der Waals surface area contributed by atoms with Gasteiger partial charge < -0.3 is 5.32 Å². The normalized spacial score (nSPS) is 12.4. The van der Waals surface area contributed by atoms with Crippen molar-refractivity contribution in [3.8, 4) is 0 Å². The lowest BCUT2D eigenvalue weighted by Gasteiger charge is -2.19. The van der Waals surface area contributed by atoms with Gasteiger partial charge in [-0.3, -0.25) is 0 Å². The first-order chi connectivity index (χ1) is 8.72. The quantitative estimate of drug-likeness (QED) is 0.933. The maximum atomic E-state index is 6.07. The molecule has 0 aliphatic heterocycles. The van der Waals surface area contributed by atoms with Crippen LogP contribution in [-0.2, 0) is 0 Å². The highest BCUT2D eigenvalue weighted by Crippen LogP contribution is 2.30. The molecule has 0 bridgehead atoms. The number of aromatic nitrogens is 2. The Labute approximate surface area is 120 Å². The average molecular weight is 327 g/mol. The lowest BCUT2D eigenvalue weighted by atomic mass is 10.0. The van der Waals surface area contributed by atoms with Crippen LogP contribution >= 0.6 is 27.5 Å². The summed E-state index contributed by atoms with van der Waals surface area (Å²) >= 11 is 9.63. The van der Waals surface area contributed by atoms with Gasteiger partial charge in [0.25, 0.3) is 0 Å². The third-order valence-corrected chi connectivity index (χ3v) is 3.55. The predicted octanol–water partition coefficient (Wildman–Crippen LogP) is 3.59. The van der Waals surface area contributed by atoms with Crippen LogP contribution in [0.3, 0.4) is 0 Å². The molecule has 18 heavy (non-hydrogen) atoms. The summed E-state index contributed by atoms with van der Waals surface area (Å²) in [7, 11) is 0. The SMILES string of the molecule is CCNC(c1cncnc1)c1cc(Cl)ccc1Br. The highest BCUT2D eigenvalue weighted by Gasteiger charge is 2.16. The Hall–Kier alpha value is -0.970. The van der Waals surface area contributed by atoms with Gasteiger partial charge in [-0.15, -0.1) is 0 Å². The second-order valence-corrected chi connectivity index (χ2v) is 5.12. The van der Waals surface area contributed by atoms with Crippen molar-refractivity contribution in [1.29, 1.82) is 0 Å². The Morgan fingerprint density at radius 3 is 2.72 bits per heavy atom. The minimum absolute atomic E-state index is 0.0317. The van der Waals surface area contributed by atoms with Gasteiger partial charge in [0.2, 0.25) is 0 Å². The van der Waals surface area contributed by atoms with E-state index in [9.17, 15) is 0 Å². The van der Waals surface area contributed by atoms with Crippen molar-refractivity contribution in [2.45, 2.75) is 13.0 Å². The van der Waals surface area contributed by atoms with E-state index in [-0.39, 0.29) is 6.04 Å². The predicted molar refractivity (Wildman–Crippen MR) is 76.7 cm³/mol. The van der Waals surface area contributed by atoms with Gasteiger partial charge in [-0.25, -0.2) is 9.97 Å². The first-order valence-electron chi connectivity index (χ1n) is 5.65. The fourth-order valence-electron chi connectivity index (χ4n) is 1.81. The van der Waals surface area contributed by atoms with Crippen molar-refractivity contribution in [3.63, 3.8) is 0 Å². The topological polar surface area (TPSA) is 37.8 Å². The monoisotopic (exact) mass is 325 g/mol. The average Bonchev–Trinajstić information content (AvgIpc) is 2.40. The number of rotatable bonds is 4. The molecule has 2 rings (SSSR count). The van der Waals surface area contributed by atoms with Crippen molar-refractivity contribution in [2.75, 3.05) is 6.54 Å². The molecule has 3 nitrogen and oxygen atoms in total. The first-order valence-corrected chi connectivity index (χ1v) is 6.82. The Balaban J connectivity index is 2.44. The van der Waals surface area contributed by atoms with Gasteiger partial charge >= 0.3 is 0 Å². The van der Waals surface area contributed by atoms with E-state index in [1.807, 2.05) is 30.6 Å². The molecule has 5 heteroatoms. The molecular formula is C13H13BrClN3. The molecule has 0 spiro atoms. The van der Waals surface area contributed by atoms with Crippen LogP contribution in [0.15, 0.2) is 41.4 Å². The number of hydrogen-bond acceptors (Lipinski definition) is 3. The molecule has 0 amide bonds. The molecule has 0 fully saturated rings. The van der Waals surface area contributed by atoms with E-state index in [0.29, 0.717) is 5.02 Å². The molecular weight excluding hydrogens is 314 g/mol. The third-order valence-electron chi connectivity index (χ3n) is 2.59. The summed E-state index contributed by atoms with van der Waals surface area (Å²) < 4.78 is 1.02. The third kappa shape index (κ3) is 3.07. The second kappa shape index (κ2) is 6.27. The number of halogens is 2.